The average molecular weight is 432 g/mol. The van der Waals surface area contributed by atoms with Crippen LogP contribution in [-0.4, -0.2) is 69.8 Å². The second-order valence-corrected chi connectivity index (χ2v) is 8.86. The number of rotatable bonds is 8. The molecule has 0 saturated carbocycles. The third-order valence-corrected chi connectivity index (χ3v) is 5.56. The maximum absolute atomic E-state index is 11.9. The number of nitrogens with zero attached hydrogens (tertiary/aromatic N) is 4. The molecule has 0 spiro atoms. The minimum absolute atomic E-state index is 0.171. The molecular weight excluding hydrogens is 407 g/mol. The number of methoxy groups -OCH3 is 2. The van der Waals surface area contributed by atoms with E-state index in [1.54, 1.807) is 17.2 Å². The number of fused-ring (bicyclic) bond motifs is 1. The summed E-state index contributed by atoms with van der Waals surface area (Å²) in [5, 5.41) is 0. The average Bonchev–Trinajstić information content (AvgIpc) is 3.18. The molecule has 1 aliphatic rings. The molecule has 0 amide bonds. The molecule has 2 unspecified atom stereocenters. The Hall–Kier alpha value is -1.20. The van der Waals surface area contributed by atoms with Gasteiger partial charge in [0, 0.05) is 27.4 Å². The van der Waals surface area contributed by atoms with E-state index < -0.39 is 32.1 Å². The molecule has 12 heteroatoms. The highest BCUT2D eigenvalue weighted by Gasteiger charge is 2.49. The minimum atomic E-state index is -3.78. The zero-order valence-electron chi connectivity index (χ0n) is 16.2. The van der Waals surface area contributed by atoms with Crippen LogP contribution in [0.25, 0.3) is 11.2 Å². The molecule has 156 valence electrons. The van der Waals surface area contributed by atoms with Gasteiger partial charge < -0.3 is 23.7 Å². The Bertz CT molecular complexity index is 927. The highest BCUT2D eigenvalue weighted by atomic mass is 32.1. The standard InChI is InChI=1S/C16H25N4O6PS/c1-5-6-19-8-18-14-11(16(19)28)17-9-20(14)15-13(24-3)12(26-27(4,21)22)10(25-15)7-23-2/h8-10,12-13,15H,5-7H2,1-4H3,(H,21,22)/t10-,12+,13?,15-/m1/s1. The quantitative estimate of drug-likeness (QED) is 0.495. The summed E-state index contributed by atoms with van der Waals surface area (Å²) < 4.78 is 38.3. The lowest BCUT2D eigenvalue weighted by Crippen LogP contribution is -2.37. The first-order valence-corrected chi connectivity index (χ1v) is 11.3. The Labute approximate surface area is 167 Å². The van der Waals surface area contributed by atoms with Gasteiger partial charge in [0.05, 0.1) is 19.3 Å². The van der Waals surface area contributed by atoms with Crippen LogP contribution in [0.4, 0.5) is 0 Å². The summed E-state index contributed by atoms with van der Waals surface area (Å²) in [5.41, 5.74) is 1.13. The normalized spacial score (nSPS) is 27.3. The van der Waals surface area contributed by atoms with E-state index in [0.717, 1.165) is 19.6 Å². The lowest BCUT2D eigenvalue weighted by atomic mass is 10.1. The molecule has 0 aliphatic carbocycles. The Morgan fingerprint density at radius 3 is 2.68 bits per heavy atom. The van der Waals surface area contributed by atoms with Gasteiger partial charge in [-0.3, -0.25) is 13.7 Å². The first-order valence-electron chi connectivity index (χ1n) is 8.88. The van der Waals surface area contributed by atoms with E-state index in [1.165, 1.54) is 14.2 Å². The van der Waals surface area contributed by atoms with Crippen LogP contribution < -0.4 is 0 Å². The van der Waals surface area contributed by atoms with Gasteiger partial charge in [-0.05, 0) is 6.42 Å². The van der Waals surface area contributed by atoms with Crippen molar-refractivity contribution in [2.45, 2.75) is 44.4 Å². The summed E-state index contributed by atoms with van der Waals surface area (Å²) >= 11 is 5.53. The number of aromatic nitrogens is 4. The van der Waals surface area contributed by atoms with Crippen LogP contribution in [-0.2, 0) is 29.8 Å². The van der Waals surface area contributed by atoms with Crippen LogP contribution >= 0.6 is 19.8 Å². The summed E-state index contributed by atoms with van der Waals surface area (Å²) in [4.78, 5) is 18.6. The largest absolute Gasteiger partial charge is 0.382 e. The van der Waals surface area contributed by atoms with Gasteiger partial charge in [0.1, 0.15) is 28.5 Å². The molecule has 1 fully saturated rings. The summed E-state index contributed by atoms with van der Waals surface area (Å²) in [6.45, 7) is 4.11. The number of hydrogen-bond acceptors (Lipinski definition) is 8. The Balaban J connectivity index is 2.01. The molecule has 0 radical (unpaired) electrons. The summed E-state index contributed by atoms with van der Waals surface area (Å²) in [6.07, 6.45) is 1.44. The first-order chi connectivity index (χ1) is 13.3. The molecule has 10 nitrogen and oxygen atoms in total. The molecule has 1 N–H and O–H groups in total. The number of imidazole rings is 1. The van der Waals surface area contributed by atoms with Crippen molar-refractivity contribution in [3.8, 4) is 0 Å². The summed E-state index contributed by atoms with van der Waals surface area (Å²) in [7, 11) is -0.767. The van der Waals surface area contributed by atoms with E-state index in [4.69, 9.17) is 31.0 Å². The van der Waals surface area contributed by atoms with Gasteiger partial charge in [0.25, 0.3) is 0 Å². The van der Waals surface area contributed by atoms with E-state index in [-0.39, 0.29) is 6.61 Å². The lowest BCUT2D eigenvalue weighted by molar-refractivity contribution is -0.0629. The third kappa shape index (κ3) is 4.20. The summed E-state index contributed by atoms with van der Waals surface area (Å²) in [5.74, 6) is 0. The SMILES string of the molecule is CCCn1cnc2c(ncn2[C@@H]2O[C@H](COC)[C@H](OP(C)(=O)O)C2OC)c1=S. The number of hydrogen-bond donors (Lipinski definition) is 1. The second-order valence-electron chi connectivity index (χ2n) is 6.66. The number of ether oxygens (including phenoxy) is 3. The van der Waals surface area contributed by atoms with Crippen LogP contribution in [0.3, 0.4) is 0 Å². The van der Waals surface area contributed by atoms with Crippen molar-refractivity contribution in [2.75, 3.05) is 27.5 Å². The molecule has 0 aromatic carbocycles. The van der Waals surface area contributed by atoms with Gasteiger partial charge in [-0.1, -0.05) is 19.1 Å². The van der Waals surface area contributed by atoms with Crippen molar-refractivity contribution in [3.05, 3.63) is 17.3 Å². The fraction of sp³-hybridized carbons (Fsp3) is 0.688. The third-order valence-electron chi connectivity index (χ3n) is 4.50. The van der Waals surface area contributed by atoms with Crippen molar-refractivity contribution < 1.29 is 28.2 Å². The zero-order valence-corrected chi connectivity index (χ0v) is 17.9. The molecule has 2 aromatic heterocycles. The van der Waals surface area contributed by atoms with Gasteiger partial charge in [0.2, 0.25) is 0 Å². The smallest absolute Gasteiger partial charge is 0.325 e. The topological polar surface area (TPSA) is 110 Å². The van der Waals surface area contributed by atoms with Crippen molar-refractivity contribution in [1.29, 1.82) is 0 Å². The minimum Gasteiger partial charge on any atom is -0.382 e. The summed E-state index contributed by atoms with van der Waals surface area (Å²) in [6, 6.07) is 0. The van der Waals surface area contributed by atoms with Gasteiger partial charge in [-0.15, -0.1) is 0 Å². The van der Waals surface area contributed by atoms with Gasteiger partial charge in [-0.25, -0.2) is 9.97 Å². The predicted octanol–water partition coefficient (Wildman–Crippen LogP) is 2.13. The fourth-order valence-corrected chi connectivity index (χ4v) is 4.36. The van der Waals surface area contributed by atoms with Gasteiger partial charge >= 0.3 is 7.60 Å². The molecule has 3 heterocycles. The maximum Gasteiger partial charge on any atom is 0.325 e. The zero-order chi connectivity index (χ0) is 20.5. The molecule has 2 aromatic rings. The van der Waals surface area contributed by atoms with Crippen molar-refractivity contribution in [1.82, 2.24) is 19.1 Å². The van der Waals surface area contributed by atoms with E-state index in [1.807, 2.05) is 4.57 Å². The van der Waals surface area contributed by atoms with E-state index in [9.17, 15) is 9.46 Å². The molecule has 1 saturated heterocycles. The first kappa shape index (κ1) is 21.5. The molecule has 28 heavy (non-hydrogen) atoms. The highest BCUT2D eigenvalue weighted by molar-refractivity contribution is 7.71. The van der Waals surface area contributed by atoms with Gasteiger partial charge in [-0.2, -0.15) is 0 Å². The van der Waals surface area contributed by atoms with Crippen molar-refractivity contribution in [3.63, 3.8) is 0 Å². The Morgan fingerprint density at radius 1 is 1.32 bits per heavy atom. The van der Waals surface area contributed by atoms with Crippen LogP contribution in [0.1, 0.15) is 19.6 Å². The van der Waals surface area contributed by atoms with Crippen LogP contribution in [0.15, 0.2) is 12.7 Å². The molecular formula is C16H25N4O6PS. The van der Waals surface area contributed by atoms with Crippen molar-refractivity contribution in [2.24, 2.45) is 0 Å². The van der Waals surface area contributed by atoms with Crippen LogP contribution in [0, 0.1) is 4.64 Å². The predicted molar refractivity (Wildman–Crippen MR) is 104 cm³/mol. The highest BCUT2D eigenvalue weighted by Crippen LogP contribution is 2.45. The monoisotopic (exact) mass is 432 g/mol. The van der Waals surface area contributed by atoms with E-state index in [0.29, 0.717) is 15.8 Å². The second kappa shape index (κ2) is 8.66. The molecule has 0 bridgehead atoms. The fourth-order valence-electron chi connectivity index (χ4n) is 3.37. The molecule has 5 atom stereocenters. The van der Waals surface area contributed by atoms with E-state index in [2.05, 4.69) is 16.9 Å². The maximum atomic E-state index is 11.9. The van der Waals surface area contributed by atoms with Crippen LogP contribution in [0.5, 0.6) is 0 Å². The lowest BCUT2D eigenvalue weighted by Gasteiger charge is -2.24. The van der Waals surface area contributed by atoms with E-state index >= 15 is 0 Å². The van der Waals surface area contributed by atoms with Crippen LogP contribution in [0.2, 0.25) is 0 Å². The van der Waals surface area contributed by atoms with Gasteiger partial charge in [0.15, 0.2) is 11.9 Å². The van der Waals surface area contributed by atoms with Crippen molar-refractivity contribution >= 4 is 31.0 Å². The number of aryl methyl sites for hydroxylation is 1. The molecule has 3 rings (SSSR count). The Morgan fingerprint density at radius 2 is 2.07 bits per heavy atom. The Kier molecular flexibility index (Phi) is 6.65. The molecule has 1 aliphatic heterocycles.